The van der Waals surface area contributed by atoms with Crippen LogP contribution >= 0.6 is 0 Å². The van der Waals surface area contributed by atoms with Crippen LogP contribution in [0.3, 0.4) is 0 Å². The van der Waals surface area contributed by atoms with E-state index in [1.165, 1.54) is 24.3 Å². The summed E-state index contributed by atoms with van der Waals surface area (Å²) in [5.74, 6) is -2.44. The van der Waals surface area contributed by atoms with Crippen LogP contribution in [0.25, 0.3) is 0 Å². The standard InChI is InChI=1S/C20H20N2O6S/c1-13(2)17(21-29(26,27)14-8-4-3-5-9-14)20(25)28-12-22-18(23)15-10-6-7-11-16(15)19(22)24/h3-11,13,17,21H,12H2,1-2H3. The number of carbonyl (C=O) groups excluding carboxylic acids is 3. The maximum atomic E-state index is 12.5. The SMILES string of the molecule is CC(C)C(NS(=O)(=O)c1ccccc1)C(=O)OCN1C(=O)c2ccccc2C1=O. The summed E-state index contributed by atoms with van der Waals surface area (Å²) in [6, 6.07) is 12.7. The van der Waals surface area contributed by atoms with Crippen LogP contribution in [0.2, 0.25) is 0 Å². The molecule has 1 aliphatic heterocycles. The molecule has 2 aromatic rings. The quantitative estimate of drug-likeness (QED) is 0.544. The smallest absolute Gasteiger partial charge is 0.326 e. The van der Waals surface area contributed by atoms with E-state index in [1.807, 2.05) is 0 Å². The van der Waals surface area contributed by atoms with Gasteiger partial charge in [0.15, 0.2) is 6.73 Å². The van der Waals surface area contributed by atoms with Crippen molar-refractivity contribution in [3.8, 4) is 0 Å². The minimum Gasteiger partial charge on any atom is -0.442 e. The Bertz CT molecular complexity index is 1010. The Morgan fingerprint density at radius 2 is 1.48 bits per heavy atom. The van der Waals surface area contributed by atoms with Gasteiger partial charge in [-0.1, -0.05) is 44.2 Å². The number of hydrogen-bond acceptors (Lipinski definition) is 6. The summed E-state index contributed by atoms with van der Waals surface area (Å²) in [7, 11) is -3.95. The predicted molar refractivity (Wildman–Crippen MR) is 103 cm³/mol. The van der Waals surface area contributed by atoms with Crippen molar-refractivity contribution in [2.24, 2.45) is 5.92 Å². The van der Waals surface area contributed by atoms with E-state index in [4.69, 9.17) is 4.74 Å². The molecule has 1 aliphatic rings. The molecular formula is C20H20N2O6S. The molecule has 0 saturated carbocycles. The first-order valence-electron chi connectivity index (χ1n) is 8.91. The van der Waals surface area contributed by atoms with Gasteiger partial charge in [0.2, 0.25) is 10.0 Å². The Morgan fingerprint density at radius 3 is 2.00 bits per heavy atom. The van der Waals surface area contributed by atoms with Gasteiger partial charge in [-0.3, -0.25) is 14.4 Å². The summed E-state index contributed by atoms with van der Waals surface area (Å²) in [6.07, 6.45) is 0. The average Bonchev–Trinajstić information content (AvgIpc) is 2.95. The Morgan fingerprint density at radius 1 is 0.966 bits per heavy atom. The third-order valence-corrected chi connectivity index (χ3v) is 5.93. The highest BCUT2D eigenvalue weighted by molar-refractivity contribution is 7.89. The molecule has 152 valence electrons. The summed E-state index contributed by atoms with van der Waals surface area (Å²) in [4.78, 5) is 38.0. The van der Waals surface area contributed by atoms with E-state index in [9.17, 15) is 22.8 Å². The zero-order chi connectivity index (χ0) is 21.2. The van der Waals surface area contributed by atoms with Crippen molar-refractivity contribution in [3.63, 3.8) is 0 Å². The fraction of sp³-hybridized carbons (Fsp3) is 0.250. The van der Waals surface area contributed by atoms with E-state index in [0.717, 1.165) is 4.90 Å². The van der Waals surface area contributed by atoms with Crippen molar-refractivity contribution >= 4 is 27.8 Å². The molecule has 0 radical (unpaired) electrons. The largest absolute Gasteiger partial charge is 0.442 e. The zero-order valence-corrected chi connectivity index (χ0v) is 16.7. The van der Waals surface area contributed by atoms with Crippen LogP contribution in [0.1, 0.15) is 34.6 Å². The maximum absolute atomic E-state index is 12.5. The lowest BCUT2D eigenvalue weighted by Crippen LogP contribution is -2.46. The van der Waals surface area contributed by atoms with E-state index in [0.29, 0.717) is 0 Å². The van der Waals surface area contributed by atoms with Crippen molar-refractivity contribution < 1.29 is 27.5 Å². The number of fused-ring (bicyclic) bond motifs is 1. The van der Waals surface area contributed by atoms with Crippen molar-refractivity contribution in [1.82, 2.24) is 9.62 Å². The number of ether oxygens (including phenoxy) is 1. The maximum Gasteiger partial charge on any atom is 0.326 e. The van der Waals surface area contributed by atoms with Gasteiger partial charge in [0.05, 0.1) is 16.0 Å². The fourth-order valence-electron chi connectivity index (χ4n) is 2.87. The first kappa shape index (κ1) is 20.7. The minimum absolute atomic E-state index is 0.0128. The van der Waals surface area contributed by atoms with E-state index in [1.54, 1.807) is 44.2 Å². The molecule has 0 aliphatic carbocycles. The van der Waals surface area contributed by atoms with Gasteiger partial charge in [-0.2, -0.15) is 4.72 Å². The van der Waals surface area contributed by atoms with Crippen molar-refractivity contribution in [2.75, 3.05) is 6.73 Å². The first-order chi connectivity index (χ1) is 13.7. The van der Waals surface area contributed by atoms with Crippen molar-refractivity contribution in [2.45, 2.75) is 24.8 Å². The number of carbonyl (C=O) groups is 3. The van der Waals surface area contributed by atoms with Gasteiger partial charge in [-0.25, -0.2) is 13.3 Å². The third kappa shape index (κ3) is 4.20. The van der Waals surface area contributed by atoms with Gasteiger partial charge in [0.1, 0.15) is 6.04 Å². The molecule has 1 unspecified atom stereocenters. The second-order valence-corrected chi connectivity index (χ2v) is 8.55. The Labute approximate surface area is 168 Å². The number of imide groups is 1. The van der Waals surface area contributed by atoms with E-state index >= 15 is 0 Å². The van der Waals surface area contributed by atoms with Gasteiger partial charge in [0, 0.05) is 0 Å². The van der Waals surface area contributed by atoms with Crippen LogP contribution in [0, 0.1) is 5.92 Å². The molecule has 0 saturated heterocycles. The fourth-order valence-corrected chi connectivity index (χ4v) is 4.22. The lowest BCUT2D eigenvalue weighted by molar-refractivity contribution is -0.149. The summed E-state index contributed by atoms with van der Waals surface area (Å²) in [5, 5.41) is 0. The Hall–Kier alpha value is -3.04. The normalized spacial score (nSPS) is 14.8. The highest BCUT2D eigenvalue weighted by Crippen LogP contribution is 2.22. The van der Waals surface area contributed by atoms with E-state index < -0.39 is 46.5 Å². The summed E-state index contributed by atoms with van der Waals surface area (Å²) < 4.78 is 32.5. The lowest BCUT2D eigenvalue weighted by atomic mass is 10.1. The van der Waals surface area contributed by atoms with Crippen LogP contribution in [-0.4, -0.2) is 43.9 Å². The molecule has 2 amide bonds. The molecule has 1 N–H and O–H groups in total. The number of nitrogens with one attached hydrogen (secondary N) is 1. The molecule has 2 aromatic carbocycles. The molecule has 1 heterocycles. The minimum atomic E-state index is -3.95. The number of hydrogen-bond donors (Lipinski definition) is 1. The molecular weight excluding hydrogens is 396 g/mol. The highest BCUT2D eigenvalue weighted by Gasteiger charge is 2.37. The Kier molecular flexibility index (Phi) is 5.81. The molecule has 0 spiro atoms. The summed E-state index contributed by atoms with van der Waals surface area (Å²) in [5.41, 5.74) is 0.470. The zero-order valence-electron chi connectivity index (χ0n) is 15.9. The summed E-state index contributed by atoms with van der Waals surface area (Å²) >= 11 is 0. The molecule has 8 nitrogen and oxygen atoms in total. The van der Waals surface area contributed by atoms with Crippen LogP contribution in [0.15, 0.2) is 59.5 Å². The van der Waals surface area contributed by atoms with Gasteiger partial charge < -0.3 is 4.74 Å². The van der Waals surface area contributed by atoms with Crippen LogP contribution in [0.5, 0.6) is 0 Å². The molecule has 0 bridgehead atoms. The van der Waals surface area contributed by atoms with Gasteiger partial charge in [-0.15, -0.1) is 0 Å². The molecule has 9 heteroatoms. The number of nitrogens with zero attached hydrogens (tertiary/aromatic N) is 1. The molecule has 1 atom stereocenters. The number of esters is 1. The Balaban J connectivity index is 1.70. The first-order valence-corrected chi connectivity index (χ1v) is 10.4. The number of amides is 2. The highest BCUT2D eigenvalue weighted by atomic mass is 32.2. The molecule has 0 fully saturated rings. The number of rotatable bonds is 7. The average molecular weight is 416 g/mol. The summed E-state index contributed by atoms with van der Waals surface area (Å²) in [6.45, 7) is 2.71. The van der Waals surface area contributed by atoms with Crippen molar-refractivity contribution in [3.05, 3.63) is 65.7 Å². The van der Waals surface area contributed by atoms with Crippen LogP contribution < -0.4 is 4.72 Å². The van der Waals surface area contributed by atoms with E-state index in [-0.39, 0.29) is 16.0 Å². The van der Waals surface area contributed by atoms with Crippen LogP contribution in [-0.2, 0) is 19.6 Å². The lowest BCUT2D eigenvalue weighted by Gasteiger charge is -2.22. The van der Waals surface area contributed by atoms with Gasteiger partial charge in [-0.05, 0) is 30.2 Å². The molecule has 3 rings (SSSR count). The second-order valence-electron chi connectivity index (χ2n) is 6.83. The molecule has 0 aromatic heterocycles. The van der Waals surface area contributed by atoms with Gasteiger partial charge >= 0.3 is 5.97 Å². The third-order valence-electron chi connectivity index (χ3n) is 4.47. The number of sulfonamides is 1. The van der Waals surface area contributed by atoms with E-state index in [2.05, 4.69) is 4.72 Å². The van der Waals surface area contributed by atoms with Crippen molar-refractivity contribution in [1.29, 1.82) is 0 Å². The van der Waals surface area contributed by atoms with Gasteiger partial charge in [0.25, 0.3) is 11.8 Å². The number of benzene rings is 2. The second kappa shape index (κ2) is 8.14. The topological polar surface area (TPSA) is 110 Å². The molecule has 29 heavy (non-hydrogen) atoms. The monoisotopic (exact) mass is 416 g/mol. The van der Waals surface area contributed by atoms with Crippen LogP contribution in [0.4, 0.5) is 0 Å². The predicted octanol–water partition coefficient (Wildman–Crippen LogP) is 1.79.